The van der Waals surface area contributed by atoms with E-state index in [4.69, 9.17) is 0 Å². The van der Waals surface area contributed by atoms with Crippen LogP contribution >= 0.6 is 0 Å². The number of aliphatic hydroxyl groups excluding tert-OH is 1. The molecular formula is C14H24N2O3. The fourth-order valence-corrected chi connectivity index (χ4v) is 2.83. The zero-order valence-electron chi connectivity index (χ0n) is 11.7. The molecule has 2 amide bonds. The molecule has 2 unspecified atom stereocenters. The fraction of sp³-hybridized carbons (Fsp3) is 0.857. The van der Waals surface area contributed by atoms with Crippen LogP contribution in [-0.4, -0.2) is 59.0 Å². The minimum absolute atomic E-state index is 0.0222. The van der Waals surface area contributed by atoms with Crippen LogP contribution in [0.4, 0.5) is 0 Å². The van der Waals surface area contributed by atoms with Gasteiger partial charge >= 0.3 is 0 Å². The summed E-state index contributed by atoms with van der Waals surface area (Å²) in [4.78, 5) is 27.6. The van der Waals surface area contributed by atoms with Gasteiger partial charge in [0, 0.05) is 26.1 Å². The van der Waals surface area contributed by atoms with Crippen molar-refractivity contribution in [1.82, 2.24) is 9.80 Å². The molecule has 2 saturated heterocycles. The highest BCUT2D eigenvalue weighted by Gasteiger charge is 2.29. The molecule has 19 heavy (non-hydrogen) atoms. The quantitative estimate of drug-likeness (QED) is 0.798. The van der Waals surface area contributed by atoms with E-state index in [9.17, 15) is 14.7 Å². The summed E-state index contributed by atoms with van der Waals surface area (Å²) >= 11 is 0. The van der Waals surface area contributed by atoms with Crippen LogP contribution in [0.25, 0.3) is 0 Å². The second kappa shape index (κ2) is 6.37. The summed E-state index contributed by atoms with van der Waals surface area (Å²) in [6.07, 6.45) is 3.92. The van der Waals surface area contributed by atoms with Gasteiger partial charge in [-0.25, -0.2) is 0 Å². The van der Waals surface area contributed by atoms with E-state index in [2.05, 4.69) is 0 Å². The SMILES string of the molecule is CC1CN(C(=O)CN2CCCCCC2=O)CCC1O. The number of aliphatic hydroxyl groups is 1. The maximum atomic E-state index is 12.2. The molecule has 0 bridgehead atoms. The van der Waals surface area contributed by atoms with Gasteiger partial charge in [-0.3, -0.25) is 9.59 Å². The molecule has 1 N–H and O–H groups in total. The molecule has 0 spiro atoms. The van der Waals surface area contributed by atoms with Gasteiger partial charge in [-0.05, 0) is 25.2 Å². The number of piperidine rings is 1. The van der Waals surface area contributed by atoms with Crippen molar-refractivity contribution in [2.24, 2.45) is 5.92 Å². The second-order valence-electron chi connectivity index (χ2n) is 5.80. The summed E-state index contributed by atoms with van der Waals surface area (Å²) in [6, 6.07) is 0. The van der Waals surface area contributed by atoms with Crippen molar-refractivity contribution in [3.8, 4) is 0 Å². The molecule has 108 valence electrons. The predicted molar refractivity (Wildman–Crippen MR) is 71.4 cm³/mol. The number of carbonyl (C=O) groups excluding carboxylic acids is 2. The summed E-state index contributed by atoms with van der Waals surface area (Å²) in [6.45, 7) is 4.08. The molecule has 2 aliphatic heterocycles. The van der Waals surface area contributed by atoms with Gasteiger partial charge in [-0.1, -0.05) is 13.3 Å². The lowest BCUT2D eigenvalue weighted by Crippen LogP contribution is -2.49. The maximum absolute atomic E-state index is 12.2. The highest BCUT2D eigenvalue weighted by molar-refractivity contribution is 5.85. The minimum Gasteiger partial charge on any atom is -0.393 e. The van der Waals surface area contributed by atoms with E-state index in [1.807, 2.05) is 6.92 Å². The van der Waals surface area contributed by atoms with E-state index in [0.717, 1.165) is 19.3 Å². The highest BCUT2D eigenvalue weighted by atomic mass is 16.3. The van der Waals surface area contributed by atoms with Crippen LogP contribution in [0.1, 0.15) is 39.0 Å². The zero-order chi connectivity index (χ0) is 13.8. The molecule has 0 aromatic rings. The molecule has 2 heterocycles. The number of hydrogen-bond acceptors (Lipinski definition) is 3. The summed E-state index contributed by atoms with van der Waals surface area (Å²) in [5, 5.41) is 9.68. The van der Waals surface area contributed by atoms with Crippen LogP contribution in [0.5, 0.6) is 0 Å². The number of amides is 2. The monoisotopic (exact) mass is 268 g/mol. The molecule has 2 fully saturated rings. The Morgan fingerprint density at radius 2 is 2.11 bits per heavy atom. The van der Waals surface area contributed by atoms with Crippen molar-refractivity contribution in [1.29, 1.82) is 0 Å². The van der Waals surface area contributed by atoms with Crippen molar-refractivity contribution in [2.75, 3.05) is 26.2 Å². The second-order valence-corrected chi connectivity index (χ2v) is 5.80. The molecule has 2 atom stereocenters. The first kappa shape index (κ1) is 14.3. The zero-order valence-corrected chi connectivity index (χ0v) is 11.7. The summed E-state index contributed by atoms with van der Waals surface area (Å²) in [7, 11) is 0. The molecule has 0 aromatic heterocycles. The van der Waals surface area contributed by atoms with Gasteiger partial charge in [0.2, 0.25) is 11.8 Å². The van der Waals surface area contributed by atoms with Gasteiger partial charge in [0.15, 0.2) is 0 Å². The Morgan fingerprint density at radius 3 is 2.84 bits per heavy atom. The lowest BCUT2D eigenvalue weighted by molar-refractivity contribution is -0.142. The lowest BCUT2D eigenvalue weighted by Gasteiger charge is -2.35. The van der Waals surface area contributed by atoms with Crippen LogP contribution in [0.15, 0.2) is 0 Å². The van der Waals surface area contributed by atoms with Gasteiger partial charge < -0.3 is 14.9 Å². The van der Waals surface area contributed by atoms with Crippen molar-refractivity contribution < 1.29 is 14.7 Å². The third-order valence-corrected chi connectivity index (χ3v) is 4.21. The van der Waals surface area contributed by atoms with Gasteiger partial charge in [-0.2, -0.15) is 0 Å². The Hall–Kier alpha value is -1.10. The highest BCUT2D eigenvalue weighted by Crippen LogP contribution is 2.17. The van der Waals surface area contributed by atoms with Crippen LogP contribution in [0.3, 0.4) is 0 Å². The van der Waals surface area contributed by atoms with Gasteiger partial charge in [0.1, 0.15) is 0 Å². The fourth-order valence-electron chi connectivity index (χ4n) is 2.83. The minimum atomic E-state index is -0.302. The Morgan fingerprint density at radius 1 is 1.32 bits per heavy atom. The predicted octanol–water partition coefficient (Wildman–Crippen LogP) is 0.618. The average molecular weight is 268 g/mol. The molecule has 2 rings (SSSR count). The van der Waals surface area contributed by atoms with E-state index in [1.54, 1.807) is 9.80 Å². The van der Waals surface area contributed by atoms with Crippen LogP contribution in [-0.2, 0) is 9.59 Å². The topological polar surface area (TPSA) is 60.9 Å². The molecule has 0 aliphatic carbocycles. The van der Waals surface area contributed by atoms with Gasteiger partial charge in [0.05, 0.1) is 12.6 Å². The molecule has 5 nitrogen and oxygen atoms in total. The molecular weight excluding hydrogens is 244 g/mol. The van der Waals surface area contributed by atoms with E-state index >= 15 is 0 Å². The van der Waals surface area contributed by atoms with Gasteiger partial charge in [0.25, 0.3) is 0 Å². The Labute approximate surface area is 114 Å². The third-order valence-electron chi connectivity index (χ3n) is 4.21. The smallest absolute Gasteiger partial charge is 0.242 e. The number of carbonyl (C=O) groups is 2. The average Bonchev–Trinajstić information content (AvgIpc) is 2.58. The van der Waals surface area contributed by atoms with Crippen LogP contribution < -0.4 is 0 Å². The summed E-state index contributed by atoms with van der Waals surface area (Å²) < 4.78 is 0. The Balaban J connectivity index is 1.87. The normalized spacial score (nSPS) is 29.3. The molecule has 5 heteroatoms. The van der Waals surface area contributed by atoms with E-state index in [0.29, 0.717) is 32.5 Å². The van der Waals surface area contributed by atoms with E-state index < -0.39 is 0 Å². The van der Waals surface area contributed by atoms with Crippen LogP contribution in [0.2, 0.25) is 0 Å². The first-order chi connectivity index (χ1) is 9.08. The molecule has 0 radical (unpaired) electrons. The molecule has 2 aliphatic rings. The molecule has 0 aromatic carbocycles. The lowest BCUT2D eigenvalue weighted by atomic mass is 9.97. The largest absolute Gasteiger partial charge is 0.393 e. The molecule has 0 saturated carbocycles. The number of rotatable bonds is 2. The summed E-state index contributed by atoms with van der Waals surface area (Å²) in [5.74, 6) is 0.252. The standard InChI is InChI=1S/C14H24N2O3/c1-11-9-16(8-6-12(11)17)14(19)10-15-7-4-2-3-5-13(15)18/h11-12,17H,2-10H2,1H3. The van der Waals surface area contributed by atoms with Gasteiger partial charge in [-0.15, -0.1) is 0 Å². The first-order valence-corrected chi connectivity index (χ1v) is 7.31. The Kier molecular flexibility index (Phi) is 4.80. The van der Waals surface area contributed by atoms with Crippen molar-refractivity contribution >= 4 is 11.8 Å². The first-order valence-electron chi connectivity index (χ1n) is 7.31. The van der Waals surface area contributed by atoms with E-state index in [1.165, 1.54) is 0 Å². The van der Waals surface area contributed by atoms with Crippen molar-refractivity contribution in [3.05, 3.63) is 0 Å². The summed E-state index contributed by atoms with van der Waals surface area (Å²) in [5.41, 5.74) is 0. The third kappa shape index (κ3) is 3.69. The van der Waals surface area contributed by atoms with Crippen molar-refractivity contribution in [2.45, 2.75) is 45.1 Å². The number of hydrogen-bond donors (Lipinski definition) is 1. The van der Waals surface area contributed by atoms with Crippen LogP contribution in [0, 0.1) is 5.92 Å². The number of likely N-dealkylation sites (tertiary alicyclic amines) is 2. The maximum Gasteiger partial charge on any atom is 0.242 e. The van der Waals surface area contributed by atoms with Crippen molar-refractivity contribution in [3.63, 3.8) is 0 Å². The number of nitrogens with zero attached hydrogens (tertiary/aromatic N) is 2. The van der Waals surface area contributed by atoms with E-state index in [-0.39, 0.29) is 30.4 Å². The Bertz CT molecular complexity index is 346.